The van der Waals surface area contributed by atoms with Gasteiger partial charge in [0.05, 0.1) is 17.7 Å². The molecule has 1 fully saturated rings. The molecule has 0 aliphatic carbocycles. The number of benzene rings is 2. The monoisotopic (exact) mass is 450 g/mol. The predicted molar refractivity (Wildman–Crippen MR) is 120 cm³/mol. The average Bonchev–Trinajstić information content (AvgIpc) is 3.56. The minimum Gasteiger partial charge on any atom is -0.507 e. The molecule has 2 N–H and O–H groups in total. The van der Waals surface area contributed by atoms with Crippen molar-refractivity contribution in [3.8, 4) is 11.5 Å². The third-order valence-electron chi connectivity index (χ3n) is 6.25. The highest BCUT2D eigenvalue weighted by Crippen LogP contribution is 2.32. The van der Waals surface area contributed by atoms with Crippen LogP contribution in [0.3, 0.4) is 0 Å². The van der Waals surface area contributed by atoms with Gasteiger partial charge in [-0.2, -0.15) is 5.10 Å². The summed E-state index contributed by atoms with van der Waals surface area (Å²) in [6, 6.07) is 8.80. The van der Waals surface area contributed by atoms with Crippen LogP contribution in [-0.4, -0.2) is 70.3 Å². The van der Waals surface area contributed by atoms with Gasteiger partial charge in [0.2, 0.25) is 0 Å². The van der Waals surface area contributed by atoms with E-state index in [4.69, 9.17) is 9.47 Å². The number of aromatic amines is 1. The number of fused-ring (bicyclic) bond motifs is 2. The summed E-state index contributed by atoms with van der Waals surface area (Å²) in [5.74, 6) is 0.134. The lowest BCUT2D eigenvalue weighted by atomic mass is 10.1. The van der Waals surface area contributed by atoms with Crippen molar-refractivity contribution in [3.63, 3.8) is 0 Å². The Morgan fingerprint density at radius 3 is 2.61 bits per heavy atom. The molecule has 1 aromatic heterocycles. The van der Waals surface area contributed by atoms with Crippen molar-refractivity contribution >= 4 is 22.7 Å². The highest BCUT2D eigenvalue weighted by atomic mass is 16.5. The number of ether oxygens (including phenoxy) is 2. The molecule has 5 rings (SSSR count). The smallest absolute Gasteiger partial charge is 0.274 e. The highest BCUT2D eigenvalue weighted by molar-refractivity contribution is 6.08. The molecule has 0 spiro atoms. The number of phenolic OH excluding ortho intramolecular Hbond substituents is 1. The van der Waals surface area contributed by atoms with E-state index in [2.05, 4.69) is 10.2 Å². The van der Waals surface area contributed by atoms with E-state index >= 15 is 0 Å². The molecule has 0 unspecified atom stereocenters. The summed E-state index contributed by atoms with van der Waals surface area (Å²) in [6.07, 6.45) is 1.96. The Morgan fingerprint density at radius 2 is 1.82 bits per heavy atom. The third kappa shape index (κ3) is 4.00. The van der Waals surface area contributed by atoms with Crippen LogP contribution in [0, 0.1) is 0 Å². The minimum atomic E-state index is -0.298. The number of carbonyl (C=O) groups excluding carboxylic acids is 2. The van der Waals surface area contributed by atoms with Crippen LogP contribution in [0.2, 0.25) is 0 Å². The number of hydrogen-bond donors (Lipinski definition) is 2. The number of rotatable bonds is 6. The van der Waals surface area contributed by atoms with Crippen LogP contribution in [0.25, 0.3) is 10.9 Å². The van der Waals surface area contributed by atoms with Crippen LogP contribution in [0.1, 0.15) is 44.8 Å². The second-order valence-corrected chi connectivity index (χ2v) is 8.42. The fourth-order valence-electron chi connectivity index (χ4n) is 4.47. The normalized spacial score (nSPS) is 15.3. The Morgan fingerprint density at radius 1 is 1.03 bits per heavy atom. The summed E-state index contributed by atoms with van der Waals surface area (Å²) in [5.41, 5.74) is 3.00. The standard InChI is InChI=1S/C24H26N4O5/c1-32-8-9-33-17-5-4-15-13-28(14-16(15)10-17)23(30)19-11-18-20(12-21(19)29)25-26-22(18)24(31)27-6-2-3-7-27/h4-5,10-12,29H,2-3,6-9,13-14H2,1H3,(H,25,26). The molecule has 0 bridgehead atoms. The van der Waals surface area contributed by atoms with E-state index in [0.29, 0.717) is 50.3 Å². The molecule has 9 heteroatoms. The fraction of sp³-hybridized carbons (Fsp3) is 0.375. The van der Waals surface area contributed by atoms with Gasteiger partial charge in [-0.1, -0.05) is 6.07 Å². The molecule has 0 atom stereocenters. The lowest BCUT2D eigenvalue weighted by Crippen LogP contribution is -2.28. The number of amides is 2. The summed E-state index contributed by atoms with van der Waals surface area (Å²) in [4.78, 5) is 29.7. The summed E-state index contributed by atoms with van der Waals surface area (Å²) >= 11 is 0. The third-order valence-corrected chi connectivity index (χ3v) is 6.25. The Kier molecular flexibility index (Phi) is 5.63. The average molecular weight is 450 g/mol. The topological polar surface area (TPSA) is 108 Å². The van der Waals surface area contributed by atoms with Crippen LogP contribution < -0.4 is 4.74 Å². The van der Waals surface area contributed by atoms with E-state index in [9.17, 15) is 14.7 Å². The largest absolute Gasteiger partial charge is 0.507 e. The number of aromatic nitrogens is 2. The molecule has 3 aromatic rings. The van der Waals surface area contributed by atoms with Crippen molar-refractivity contribution in [2.24, 2.45) is 0 Å². The van der Waals surface area contributed by atoms with Gasteiger partial charge < -0.3 is 24.4 Å². The van der Waals surface area contributed by atoms with Gasteiger partial charge in [-0.25, -0.2) is 0 Å². The molecule has 172 valence electrons. The Labute approximate surface area is 190 Å². The highest BCUT2D eigenvalue weighted by Gasteiger charge is 2.29. The fourth-order valence-corrected chi connectivity index (χ4v) is 4.47. The van der Waals surface area contributed by atoms with Gasteiger partial charge in [0, 0.05) is 44.7 Å². The van der Waals surface area contributed by atoms with Gasteiger partial charge in [0.15, 0.2) is 5.69 Å². The van der Waals surface area contributed by atoms with Gasteiger partial charge in [0.1, 0.15) is 18.1 Å². The van der Waals surface area contributed by atoms with Crippen LogP contribution in [-0.2, 0) is 17.8 Å². The summed E-state index contributed by atoms with van der Waals surface area (Å²) in [7, 11) is 1.62. The Balaban J connectivity index is 1.38. The summed E-state index contributed by atoms with van der Waals surface area (Å²) in [5, 5.41) is 18.1. The summed E-state index contributed by atoms with van der Waals surface area (Å²) in [6.45, 7) is 3.22. The van der Waals surface area contributed by atoms with Crippen LogP contribution in [0.15, 0.2) is 30.3 Å². The van der Waals surface area contributed by atoms with Gasteiger partial charge in [0.25, 0.3) is 11.8 Å². The van der Waals surface area contributed by atoms with Gasteiger partial charge in [-0.15, -0.1) is 0 Å². The number of aromatic hydroxyl groups is 1. The Bertz CT molecular complexity index is 1220. The molecule has 0 saturated carbocycles. The molecule has 2 aliphatic heterocycles. The lowest BCUT2D eigenvalue weighted by Gasteiger charge is -2.17. The van der Waals surface area contributed by atoms with Crippen molar-refractivity contribution in [2.75, 3.05) is 33.4 Å². The molecule has 2 aliphatic rings. The molecule has 33 heavy (non-hydrogen) atoms. The SMILES string of the molecule is COCCOc1ccc2c(c1)CN(C(=O)c1cc3c(C(=O)N4CCCC4)n[nH]c3cc1O)C2. The zero-order valence-electron chi connectivity index (χ0n) is 18.5. The first-order valence-electron chi connectivity index (χ1n) is 11.1. The van der Waals surface area contributed by atoms with Crippen LogP contribution >= 0.6 is 0 Å². The Hall–Kier alpha value is -3.59. The first-order valence-corrected chi connectivity index (χ1v) is 11.1. The maximum absolute atomic E-state index is 13.3. The van der Waals surface area contributed by atoms with Crippen molar-refractivity contribution in [1.82, 2.24) is 20.0 Å². The first kappa shape index (κ1) is 21.3. The predicted octanol–water partition coefficient (Wildman–Crippen LogP) is 2.69. The minimum absolute atomic E-state index is 0.143. The van der Waals surface area contributed by atoms with E-state index in [1.807, 2.05) is 18.2 Å². The molecule has 3 heterocycles. The number of nitrogens with zero attached hydrogens (tertiary/aromatic N) is 3. The zero-order chi connectivity index (χ0) is 22.9. The van der Waals surface area contributed by atoms with Crippen molar-refractivity contribution < 1.29 is 24.2 Å². The second-order valence-electron chi connectivity index (χ2n) is 8.42. The van der Waals surface area contributed by atoms with Crippen LogP contribution in [0.5, 0.6) is 11.5 Å². The van der Waals surface area contributed by atoms with Crippen molar-refractivity contribution in [3.05, 3.63) is 52.7 Å². The molecule has 1 saturated heterocycles. The van der Waals surface area contributed by atoms with E-state index in [1.54, 1.807) is 23.0 Å². The molecule has 2 aromatic carbocycles. The number of carbonyl (C=O) groups is 2. The number of nitrogens with one attached hydrogen (secondary N) is 1. The van der Waals surface area contributed by atoms with E-state index in [-0.39, 0.29) is 28.8 Å². The number of hydrogen-bond acceptors (Lipinski definition) is 6. The molecule has 2 amide bonds. The lowest BCUT2D eigenvalue weighted by molar-refractivity contribution is 0.0746. The zero-order valence-corrected chi connectivity index (χ0v) is 18.5. The molecule has 0 radical (unpaired) electrons. The maximum Gasteiger partial charge on any atom is 0.274 e. The van der Waals surface area contributed by atoms with Crippen LogP contribution in [0.4, 0.5) is 0 Å². The quantitative estimate of drug-likeness (QED) is 0.559. The van der Waals surface area contributed by atoms with Gasteiger partial charge in [-0.05, 0) is 42.2 Å². The van der Waals surface area contributed by atoms with Gasteiger partial charge >= 0.3 is 0 Å². The number of H-pyrrole nitrogens is 1. The molecular weight excluding hydrogens is 424 g/mol. The van der Waals surface area contributed by atoms with E-state index < -0.39 is 0 Å². The van der Waals surface area contributed by atoms with Gasteiger partial charge in [-0.3, -0.25) is 14.7 Å². The van der Waals surface area contributed by atoms with E-state index in [0.717, 1.165) is 29.7 Å². The molecule has 9 nitrogen and oxygen atoms in total. The summed E-state index contributed by atoms with van der Waals surface area (Å²) < 4.78 is 10.7. The second kappa shape index (κ2) is 8.74. The maximum atomic E-state index is 13.3. The number of likely N-dealkylation sites (tertiary alicyclic amines) is 1. The number of methoxy groups -OCH3 is 1. The van der Waals surface area contributed by atoms with Crippen molar-refractivity contribution in [1.29, 1.82) is 0 Å². The first-order chi connectivity index (χ1) is 16.0. The number of phenols is 1. The van der Waals surface area contributed by atoms with E-state index in [1.165, 1.54) is 6.07 Å². The molecular formula is C24H26N4O5. The van der Waals surface area contributed by atoms with Crippen molar-refractivity contribution in [2.45, 2.75) is 25.9 Å².